The molecule has 1 fully saturated rings. The van der Waals surface area contributed by atoms with E-state index in [1.807, 2.05) is 22.4 Å². The minimum atomic E-state index is -0.111. The lowest BCUT2D eigenvalue weighted by Crippen LogP contribution is -2.41. The number of likely N-dealkylation sites (tertiary alicyclic amines) is 1. The number of hydrogen-bond donors (Lipinski definition) is 1. The van der Waals surface area contributed by atoms with E-state index in [2.05, 4.69) is 5.32 Å². The van der Waals surface area contributed by atoms with Crippen molar-refractivity contribution in [2.45, 2.75) is 12.8 Å². The molecule has 0 saturated carbocycles. The summed E-state index contributed by atoms with van der Waals surface area (Å²) in [5, 5.41) is 4.81. The maximum Gasteiger partial charge on any atom is 0.263 e. The van der Waals surface area contributed by atoms with Crippen LogP contribution in [-0.4, -0.2) is 54.7 Å². The Morgan fingerprint density at radius 3 is 2.30 bits per heavy atom. The van der Waals surface area contributed by atoms with E-state index < -0.39 is 0 Å². The molecule has 2 heterocycles. The third kappa shape index (κ3) is 4.54. The Balaban J connectivity index is 1.52. The summed E-state index contributed by atoms with van der Waals surface area (Å²) in [6.07, 6.45) is 1.31. The Bertz CT molecular complexity index is 808. The minimum absolute atomic E-state index is 0.0371. The number of amides is 3. The third-order valence-corrected chi connectivity index (χ3v) is 5.55. The first-order valence-corrected chi connectivity index (χ1v) is 9.79. The summed E-state index contributed by atoms with van der Waals surface area (Å²) in [4.78, 5) is 40.9. The second kappa shape index (κ2) is 8.35. The van der Waals surface area contributed by atoms with Crippen LogP contribution in [0, 0.1) is 5.92 Å². The van der Waals surface area contributed by atoms with E-state index in [-0.39, 0.29) is 23.6 Å². The van der Waals surface area contributed by atoms with E-state index >= 15 is 0 Å². The van der Waals surface area contributed by atoms with Crippen LogP contribution in [0.15, 0.2) is 41.8 Å². The molecule has 0 unspecified atom stereocenters. The average Bonchev–Trinajstić information content (AvgIpc) is 3.22. The largest absolute Gasteiger partial charge is 0.345 e. The Morgan fingerprint density at radius 2 is 1.74 bits per heavy atom. The lowest BCUT2D eigenvalue weighted by Gasteiger charge is -2.31. The van der Waals surface area contributed by atoms with Gasteiger partial charge in [0.05, 0.1) is 4.88 Å². The molecule has 0 radical (unpaired) electrons. The Labute approximate surface area is 162 Å². The molecule has 3 amide bonds. The van der Waals surface area contributed by atoms with E-state index in [0.29, 0.717) is 37.2 Å². The highest BCUT2D eigenvalue weighted by atomic mass is 32.1. The van der Waals surface area contributed by atoms with Crippen molar-refractivity contribution in [2.24, 2.45) is 5.92 Å². The van der Waals surface area contributed by atoms with Gasteiger partial charge in [-0.05, 0) is 48.6 Å². The molecule has 27 heavy (non-hydrogen) atoms. The van der Waals surface area contributed by atoms with Crippen molar-refractivity contribution in [3.8, 4) is 0 Å². The molecule has 142 valence electrons. The Kier molecular flexibility index (Phi) is 5.91. The first-order valence-electron chi connectivity index (χ1n) is 8.91. The number of anilines is 1. The van der Waals surface area contributed by atoms with Crippen LogP contribution in [0.4, 0.5) is 5.69 Å². The predicted octanol–water partition coefficient (Wildman–Crippen LogP) is 2.94. The molecule has 2 aromatic rings. The lowest BCUT2D eigenvalue weighted by molar-refractivity contribution is -0.121. The number of piperidine rings is 1. The minimum Gasteiger partial charge on any atom is -0.345 e. The summed E-state index contributed by atoms with van der Waals surface area (Å²) in [6, 6.07) is 10.6. The van der Waals surface area contributed by atoms with Gasteiger partial charge < -0.3 is 15.1 Å². The summed E-state index contributed by atoms with van der Waals surface area (Å²) >= 11 is 1.44. The molecule has 1 N–H and O–H groups in total. The first-order chi connectivity index (χ1) is 13.0. The highest BCUT2D eigenvalue weighted by Gasteiger charge is 2.28. The predicted molar refractivity (Wildman–Crippen MR) is 106 cm³/mol. The van der Waals surface area contributed by atoms with E-state index in [4.69, 9.17) is 0 Å². The van der Waals surface area contributed by atoms with Crippen LogP contribution in [0.2, 0.25) is 0 Å². The number of thiophene rings is 1. The van der Waals surface area contributed by atoms with E-state index in [9.17, 15) is 14.4 Å². The zero-order valence-corrected chi connectivity index (χ0v) is 16.3. The van der Waals surface area contributed by atoms with E-state index in [0.717, 1.165) is 4.88 Å². The van der Waals surface area contributed by atoms with Crippen LogP contribution in [0.1, 0.15) is 32.9 Å². The highest BCUT2D eigenvalue weighted by Crippen LogP contribution is 2.22. The molecular weight excluding hydrogens is 362 g/mol. The zero-order chi connectivity index (χ0) is 19.4. The highest BCUT2D eigenvalue weighted by molar-refractivity contribution is 7.12. The molecular formula is C20H23N3O3S. The molecule has 7 heteroatoms. The molecule has 0 spiro atoms. The maximum atomic E-state index is 12.5. The van der Waals surface area contributed by atoms with Crippen molar-refractivity contribution in [3.05, 3.63) is 52.2 Å². The van der Waals surface area contributed by atoms with Crippen LogP contribution < -0.4 is 5.32 Å². The van der Waals surface area contributed by atoms with Gasteiger partial charge in [-0.15, -0.1) is 11.3 Å². The molecule has 1 aliphatic heterocycles. The summed E-state index contributed by atoms with van der Waals surface area (Å²) in [6.45, 7) is 1.18. The number of carbonyl (C=O) groups is 3. The van der Waals surface area contributed by atoms with Gasteiger partial charge in [0.2, 0.25) is 5.91 Å². The van der Waals surface area contributed by atoms with Crippen LogP contribution in [0.25, 0.3) is 0 Å². The normalized spacial score (nSPS) is 14.7. The van der Waals surface area contributed by atoms with Gasteiger partial charge >= 0.3 is 0 Å². The van der Waals surface area contributed by atoms with Crippen molar-refractivity contribution >= 4 is 34.7 Å². The fourth-order valence-electron chi connectivity index (χ4n) is 3.10. The fourth-order valence-corrected chi connectivity index (χ4v) is 3.79. The van der Waals surface area contributed by atoms with E-state index in [1.54, 1.807) is 38.4 Å². The van der Waals surface area contributed by atoms with Gasteiger partial charge in [0.1, 0.15) is 0 Å². The molecule has 1 saturated heterocycles. The van der Waals surface area contributed by atoms with E-state index in [1.165, 1.54) is 16.2 Å². The topological polar surface area (TPSA) is 69.7 Å². The third-order valence-electron chi connectivity index (χ3n) is 4.69. The van der Waals surface area contributed by atoms with Crippen molar-refractivity contribution in [1.29, 1.82) is 0 Å². The molecule has 0 atom stereocenters. The lowest BCUT2D eigenvalue weighted by atomic mass is 9.95. The molecule has 0 bridgehead atoms. The standard InChI is InChI=1S/C20H23N3O3S/c1-22(2)19(25)15-5-7-16(8-6-15)21-18(24)14-9-11-23(12-10-14)20(26)17-4-3-13-27-17/h3-8,13-14H,9-12H2,1-2H3,(H,21,24). The number of carbonyl (C=O) groups excluding carboxylic acids is 3. The maximum absolute atomic E-state index is 12.5. The van der Waals surface area contributed by atoms with Crippen molar-refractivity contribution in [2.75, 3.05) is 32.5 Å². The van der Waals surface area contributed by atoms with Gasteiger partial charge in [0.15, 0.2) is 0 Å². The summed E-state index contributed by atoms with van der Waals surface area (Å²) in [7, 11) is 3.40. The molecule has 1 aliphatic rings. The molecule has 1 aromatic heterocycles. The van der Waals surface area contributed by atoms with Crippen LogP contribution in [0.3, 0.4) is 0 Å². The fraction of sp³-hybridized carbons (Fsp3) is 0.350. The number of rotatable bonds is 4. The monoisotopic (exact) mass is 385 g/mol. The Morgan fingerprint density at radius 1 is 1.07 bits per heavy atom. The van der Waals surface area contributed by atoms with Crippen molar-refractivity contribution < 1.29 is 14.4 Å². The molecule has 1 aromatic carbocycles. The van der Waals surface area contributed by atoms with Gasteiger partial charge in [-0.25, -0.2) is 0 Å². The van der Waals surface area contributed by atoms with Gasteiger partial charge in [0.25, 0.3) is 11.8 Å². The average molecular weight is 385 g/mol. The zero-order valence-electron chi connectivity index (χ0n) is 15.5. The van der Waals surface area contributed by atoms with Crippen LogP contribution in [-0.2, 0) is 4.79 Å². The molecule has 3 rings (SSSR count). The van der Waals surface area contributed by atoms with Crippen LogP contribution in [0.5, 0.6) is 0 Å². The number of benzene rings is 1. The van der Waals surface area contributed by atoms with Gasteiger partial charge in [-0.2, -0.15) is 0 Å². The van der Waals surface area contributed by atoms with Gasteiger partial charge in [0, 0.05) is 44.4 Å². The number of nitrogens with one attached hydrogen (secondary N) is 1. The Hall–Kier alpha value is -2.67. The number of nitrogens with zero attached hydrogens (tertiary/aromatic N) is 2. The second-order valence-electron chi connectivity index (χ2n) is 6.81. The number of hydrogen-bond acceptors (Lipinski definition) is 4. The first kappa shape index (κ1) is 19.1. The summed E-state index contributed by atoms with van der Waals surface area (Å²) in [5.41, 5.74) is 1.26. The van der Waals surface area contributed by atoms with Gasteiger partial charge in [-0.1, -0.05) is 6.07 Å². The molecule has 6 nitrogen and oxygen atoms in total. The quantitative estimate of drug-likeness (QED) is 0.880. The van der Waals surface area contributed by atoms with Crippen molar-refractivity contribution in [1.82, 2.24) is 9.80 Å². The summed E-state index contributed by atoms with van der Waals surface area (Å²) < 4.78 is 0. The smallest absolute Gasteiger partial charge is 0.263 e. The van der Waals surface area contributed by atoms with Crippen LogP contribution >= 0.6 is 11.3 Å². The molecule has 0 aliphatic carbocycles. The second-order valence-corrected chi connectivity index (χ2v) is 7.76. The van der Waals surface area contributed by atoms with Gasteiger partial charge in [-0.3, -0.25) is 14.4 Å². The van der Waals surface area contributed by atoms with Crippen molar-refractivity contribution in [3.63, 3.8) is 0 Å². The summed E-state index contributed by atoms with van der Waals surface area (Å²) in [5.74, 6) is -0.175. The SMILES string of the molecule is CN(C)C(=O)c1ccc(NC(=O)C2CCN(C(=O)c3cccs3)CC2)cc1.